The largest absolute Gasteiger partial charge is 0.376 e. The number of guanidine groups is 1. The Labute approximate surface area is 167 Å². The van der Waals surface area contributed by atoms with Gasteiger partial charge < -0.3 is 20.7 Å². The lowest BCUT2D eigenvalue weighted by molar-refractivity contribution is 0.0953. The number of halogens is 1. The summed E-state index contributed by atoms with van der Waals surface area (Å²) in [5.41, 5.74) is 1.73. The molecule has 25 heavy (non-hydrogen) atoms. The van der Waals surface area contributed by atoms with E-state index in [4.69, 9.17) is 4.74 Å². The molecule has 140 valence electrons. The summed E-state index contributed by atoms with van der Waals surface area (Å²) in [4.78, 5) is 16.2. The molecule has 1 amide bonds. The number of carbonyl (C=O) groups is 1. The molecule has 1 aromatic carbocycles. The molecule has 6 nitrogen and oxygen atoms in total. The molecule has 1 heterocycles. The number of benzene rings is 1. The van der Waals surface area contributed by atoms with Crippen LogP contribution in [0.5, 0.6) is 0 Å². The van der Waals surface area contributed by atoms with Gasteiger partial charge in [0.25, 0.3) is 5.91 Å². The molecule has 1 fully saturated rings. The van der Waals surface area contributed by atoms with Gasteiger partial charge in [-0.2, -0.15) is 0 Å². The Kier molecular flexibility index (Phi) is 10.5. The fraction of sp³-hybridized carbons (Fsp3) is 0.556. The van der Waals surface area contributed by atoms with Gasteiger partial charge in [0.1, 0.15) is 0 Å². The molecule has 1 aliphatic rings. The molecule has 3 N–H and O–H groups in total. The highest BCUT2D eigenvalue weighted by Crippen LogP contribution is 2.10. The maximum absolute atomic E-state index is 12.0. The lowest BCUT2D eigenvalue weighted by Crippen LogP contribution is -2.40. The molecule has 1 unspecified atom stereocenters. The molecule has 0 radical (unpaired) electrons. The average Bonchev–Trinajstić information content (AvgIpc) is 3.13. The Morgan fingerprint density at radius 1 is 1.32 bits per heavy atom. The van der Waals surface area contributed by atoms with E-state index in [0.29, 0.717) is 18.7 Å². The number of hydrogen-bond donors (Lipinski definition) is 3. The van der Waals surface area contributed by atoms with Crippen molar-refractivity contribution >= 4 is 35.8 Å². The third-order valence-corrected chi connectivity index (χ3v) is 3.93. The normalized spacial score (nSPS) is 16.9. The molecular weight excluding hydrogens is 431 g/mol. The summed E-state index contributed by atoms with van der Waals surface area (Å²) in [5, 5.41) is 9.45. The monoisotopic (exact) mass is 460 g/mol. The van der Waals surface area contributed by atoms with E-state index in [2.05, 4.69) is 20.9 Å². The molecule has 7 heteroatoms. The summed E-state index contributed by atoms with van der Waals surface area (Å²) < 4.78 is 5.60. The third-order valence-electron chi connectivity index (χ3n) is 3.93. The van der Waals surface area contributed by atoms with Gasteiger partial charge >= 0.3 is 0 Å². The summed E-state index contributed by atoms with van der Waals surface area (Å²) in [7, 11) is 1.75. The second-order valence-electron chi connectivity index (χ2n) is 5.90. The minimum absolute atomic E-state index is 0. The standard InChI is InChI=1S/C18H28N4O2.HI/c1-3-9-20-17(23)15-7-4-6-14(11-15)12-21-18(19-2)22-13-16-8-5-10-24-16;/h4,6-7,11,16H,3,5,8-10,12-13H2,1-2H3,(H,20,23)(H2,19,21,22);1H. The van der Waals surface area contributed by atoms with Gasteiger partial charge in [-0.05, 0) is 37.0 Å². The zero-order valence-corrected chi connectivity index (χ0v) is 17.3. The van der Waals surface area contributed by atoms with Gasteiger partial charge in [0.05, 0.1) is 6.10 Å². The molecule has 0 aliphatic carbocycles. The molecule has 1 aliphatic heterocycles. The highest BCUT2D eigenvalue weighted by Gasteiger charge is 2.15. The SMILES string of the molecule is CCCNC(=O)c1cccc(CNC(=NC)NCC2CCCO2)c1.I. The highest BCUT2D eigenvalue weighted by molar-refractivity contribution is 14.0. The quantitative estimate of drug-likeness (QED) is 0.332. The van der Waals surface area contributed by atoms with Crippen LogP contribution in [0.3, 0.4) is 0 Å². The molecule has 1 aromatic rings. The Morgan fingerprint density at radius 2 is 2.16 bits per heavy atom. The number of ether oxygens (including phenoxy) is 1. The second-order valence-corrected chi connectivity index (χ2v) is 5.90. The first-order valence-corrected chi connectivity index (χ1v) is 8.66. The molecule has 0 spiro atoms. The first-order chi connectivity index (χ1) is 11.7. The summed E-state index contributed by atoms with van der Waals surface area (Å²) >= 11 is 0. The predicted molar refractivity (Wildman–Crippen MR) is 112 cm³/mol. The van der Waals surface area contributed by atoms with Gasteiger partial charge in [-0.3, -0.25) is 9.79 Å². The molecule has 2 rings (SSSR count). The number of nitrogens with one attached hydrogen (secondary N) is 3. The van der Waals surface area contributed by atoms with Crippen LogP contribution in [0.4, 0.5) is 0 Å². The van der Waals surface area contributed by atoms with Crippen molar-refractivity contribution in [2.24, 2.45) is 4.99 Å². The van der Waals surface area contributed by atoms with E-state index < -0.39 is 0 Å². The minimum Gasteiger partial charge on any atom is -0.376 e. The fourth-order valence-corrected chi connectivity index (χ4v) is 2.59. The summed E-state index contributed by atoms with van der Waals surface area (Å²) in [6.07, 6.45) is 3.43. The smallest absolute Gasteiger partial charge is 0.251 e. The molecule has 1 saturated heterocycles. The van der Waals surface area contributed by atoms with Crippen molar-refractivity contribution < 1.29 is 9.53 Å². The Bertz CT molecular complexity index is 560. The average molecular weight is 460 g/mol. The number of nitrogens with zero attached hydrogens (tertiary/aromatic N) is 1. The van der Waals surface area contributed by atoms with Gasteiger partial charge in [0.15, 0.2) is 5.96 Å². The third kappa shape index (κ3) is 7.60. The van der Waals surface area contributed by atoms with Gasteiger partial charge in [-0.25, -0.2) is 0 Å². The van der Waals surface area contributed by atoms with E-state index in [1.807, 2.05) is 31.2 Å². The number of carbonyl (C=O) groups excluding carboxylic acids is 1. The van der Waals surface area contributed by atoms with Crippen LogP contribution in [0.25, 0.3) is 0 Å². The van der Waals surface area contributed by atoms with Crippen molar-refractivity contribution in [2.75, 3.05) is 26.7 Å². The maximum atomic E-state index is 12.0. The zero-order valence-electron chi connectivity index (χ0n) is 15.0. The topological polar surface area (TPSA) is 74.8 Å². The van der Waals surface area contributed by atoms with Crippen molar-refractivity contribution in [3.05, 3.63) is 35.4 Å². The number of rotatable bonds is 7. The summed E-state index contributed by atoms with van der Waals surface area (Å²) in [6.45, 7) is 4.96. The Balaban J connectivity index is 0.00000312. The first kappa shape index (κ1) is 21.7. The molecule has 1 atom stereocenters. The Hall–Kier alpha value is -1.35. The van der Waals surface area contributed by atoms with Crippen LogP contribution in [0, 0.1) is 0 Å². The predicted octanol–water partition coefficient (Wildman–Crippen LogP) is 2.29. The van der Waals surface area contributed by atoms with Crippen LogP contribution in [0.2, 0.25) is 0 Å². The van der Waals surface area contributed by atoms with Gasteiger partial charge in [-0.1, -0.05) is 19.1 Å². The van der Waals surface area contributed by atoms with Crippen molar-refractivity contribution in [1.82, 2.24) is 16.0 Å². The van der Waals surface area contributed by atoms with Crippen LogP contribution in [0.1, 0.15) is 42.1 Å². The van der Waals surface area contributed by atoms with Crippen LogP contribution >= 0.6 is 24.0 Å². The van der Waals surface area contributed by atoms with E-state index in [0.717, 1.165) is 43.9 Å². The maximum Gasteiger partial charge on any atom is 0.251 e. The minimum atomic E-state index is -0.0282. The van der Waals surface area contributed by atoms with Crippen LogP contribution in [0.15, 0.2) is 29.3 Å². The zero-order chi connectivity index (χ0) is 17.2. The van der Waals surface area contributed by atoms with Crippen LogP contribution in [-0.4, -0.2) is 44.7 Å². The van der Waals surface area contributed by atoms with E-state index in [9.17, 15) is 4.79 Å². The highest BCUT2D eigenvalue weighted by atomic mass is 127. The van der Waals surface area contributed by atoms with E-state index in [-0.39, 0.29) is 36.0 Å². The fourth-order valence-electron chi connectivity index (χ4n) is 2.59. The van der Waals surface area contributed by atoms with Crippen molar-refractivity contribution in [3.8, 4) is 0 Å². The lowest BCUT2D eigenvalue weighted by atomic mass is 10.1. The van der Waals surface area contributed by atoms with E-state index in [1.165, 1.54) is 0 Å². The van der Waals surface area contributed by atoms with Gasteiger partial charge in [0.2, 0.25) is 0 Å². The molecule has 0 aromatic heterocycles. The number of aliphatic imine (C=N–C) groups is 1. The van der Waals surface area contributed by atoms with Crippen LogP contribution in [-0.2, 0) is 11.3 Å². The molecular formula is C18H29IN4O2. The van der Waals surface area contributed by atoms with Gasteiger partial charge in [0, 0.05) is 38.9 Å². The van der Waals surface area contributed by atoms with E-state index in [1.54, 1.807) is 7.05 Å². The first-order valence-electron chi connectivity index (χ1n) is 8.66. The van der Waals surface area contributed by atoms with Gasteiger partial charge in [-0.15, -0.1) is 24.0 Å². The second kappa shape index (κ2) is 12.1. The molecule has 0 bridgehead atoms. The summed E-state index contributed by atoms with van der Waals surface area (Å²) in [5.74, 6) is 0.714. The van der Waals surface area contributed by atoms with Crippen molar-refractivity contribution in [1.29, 1.82) is 0 Å². The lowest BCUT2D eigenvalue weighted by Gasteiger charge is -2.15. The summed E-state index contributed by atoms with van der Waals surface area (Å²) in [6, 6.07) is 7.64. The number of hydrogen-bond acceptors (Lipinski definition) is 3. The Morgan fingerprint density at radius 3 is 2.84 bits per heavy atom. The number of amides is 1. The van der Waals surface area contributed by atoms with E-state index >= 15 is 0 Å². The molecule has 0 saturated carbocycles. The van der Waals surface area contributed by atoms with Crippen molar-refractivity contribution in [3.63, 3.8) is 0 Å². The van der Waals surface area contributed by atoms with Crippen LogP contribution < -0.4 is 16.0 Å². The van der Waals surface area contributed by atoms with Crippen molar-refractivity contribution in [2.45, 2.75) is 38.8 Å².